The van der Waals surface area contributed by atoms with Crippen molar-refractivity contribution in [1.82, 2.24) is 10.2 Å². The van der Waals surface area contributed by atoms with E-state index in [1.165, 1.54) is 0 Å². The standard InChI is InChI=1S/C10H14N2O4/c1-2-3-4-11-10(16)12-6-7(13)5-8(12)9(14)15/h7-8,13H,4-6H2,1H3,(H,11,16)(H,14,15)/t7-,8+/m1/s1. The first-order valence-corrected chi connectivity index (χ1v) is 4.91. The third kappa shape index (κ3) is 2.87. The first-order valence-electron chi connectivity index (χ1n) is 4.91. The van der Waals surface area contributed by atoms with Crippen molar-refractivity contribution >= 4 is 12.0 Å². The van der Waals surface area contributed by atoms with Gasteiger partial charge in [-0.25, -0.2) is 9.59 Å². The Morgan fingerprint density at radius 2 is 2.25 bits per heavy atom. The number of carboxylic acid groups (broad SMARTS) is 1. The highest BCUT2D eigenvalue weighted by Gasteiger charge is 2.38. The Morgan fingerprint density at radius 3 is 2.81 bits per heavy atom. The predicted molar refractivity (Wildman–Crippen MR) is 55.6 cm³/mol. The molecule has 6 nitrogen and oxygen atoms in total. The van der Waals surface area contributed by atoms with Gasteiger partial charge in [0.2, 0.25) is 0 Å². The number of rotatable bonds is 2. The molecule has 0 aromatic carbocycles. The summed E-state index contributed by atoms with van der Waals surface area (Å²) < 4.78 is 0. The Balaban J connectivity index is 2.58. The summed E-state index contributed by atoms with van der Waals surface area (Å²) in [6.45, 7) is 1.86. The number of likely N-dealkylation sites (tertiary alicyclic amines) is 1. The van der Waals surface area contributed by atoms with Gasteiger partial charge in [-0.1, -0.05) is 5.92 Å². The number of hydrogen-bond donors (Lipinski definition) is 3. The molecule has 3 N–H and O–H groups in total. The average Bonchev–Trinajstić information content (AvgIpc) is 2.61. The van der Waals surface area contributed by atoms with Crippen molar-refractivity contribution in [2.75, 3.05) is 13.1 Å². The number of urea groups is 1. The number of nitrogens with one attached hydrogen (secondary N) is 1. The van der Waals surface area contributed by atoms with Gasteiger partial charge in [-0.15, -0.1) is 5.92 Å². The summed E-state index contributed by atoms with van der Waals surface area (Å²) in [5.41, 5.74) is 0. The molecular formula is C10H14N2O4. The molecule has 1 fully saturated rings. The maximum Gasteiger partial charge on any atom is 0.326 e. The van der Waals surface area contributed by atoms with Crippen molar-refractivity contribution < 1.29 is 19.8 Å². The molecular weight excluding hydrogens is 212 g/mol. The van der Waals surface area contributed by atoms with Gasteiger partial charge in [0, 0.05) is 13.0 Å². The maximum absolute atomic E-state index is 11.6. The molecule has 0 aromatic heterocycles. The van der Waals surface area contributed by atoms with Crippen LogP contribution in [-0.4, -0.2) is 52.3 Å². The van der Waals surface area contributed by atoms with Crippen LogP contribution in [0.25, 0.3) is 0 Å². The number of carbonyl (C=O) groups is 2. The van der Waals surface area contributed by atoms with E-state index in [0.29, 0.717) is 0 Å². The fourth-order valence-electron chi connectivity index (χ4n) is 1.58. The Labute approximate surface area is 93.2 Å². The summed E-state index contributed by atoms with van der Waals surface area (Å²) in [5.74, 6) is 4.14. The number of carbonyl (C=O) groups excluding carboxylic acids is 1. The van der Waals surface area contributed by atoms with E-state index < -0.39 is 24.1 Å². The molecule has 0 spiro atoms. The zero-order valence-corrected chi connectivity index (χ0v) is 8.93. The largest absolute Gasteiger partial charge is 0.480 e. The van der Waals surface area contributed by atoms with E-state index in [9.17, 15) is 14.7 Å². The minimum Gasteiger partial charge on any atom is -0.480 e. The lowest BCUT2D eigenvalue weighted by Crippen LogP contribution is -2.46. The van der Waals surface area contributed by atoms with Crippen molar-refractivity contribution in [3.8, 4) is 11.8 Å². The van der Waals surface area contributed by atoms with Gasteiger partial charge < -0.3 is 20.4 Å². The van der Waals surface area contributed by atoms with Crippen molar-refractivity contribution in [2.45, 2.75) is 25.5 Å². The van der Waals surface area contributed by atoms with Crippen LogP contribution < -0.4 is 5.32 Å². The Kier molecular flexibility index (Phi) is 4.14. The quantitative estimate of drug-likeness (QED) is 0.540. The number of aliphatic hydroxyl groups is 1. The van der Waals surface area contributed by atoms with E-state index >= 15 is 0 Å². The molecule has 0 unspecified atom stereocenters. The van der Waals surface area contributed by atoms with Crippen LogP contribution >= 0.6 is 0 Å². The number of nitrogens with zero attached hydrogens (tertiary/aromatic N) is 1. The second-order valence-electron chi connectivity index (χ2n) is 3.48. The highest BCUT2D eigenvalue weighted by molar-refractivity contribution is 5.83. The maximum atomic E-state index is 11.6. The lowest BCUT2D eigenvalue weighted by Gasteiger charge is -2.20. The molecule has 16 heavy (non-hydrogen) atoms. The van der Waals surface area contributed by atoms with E-state index in [1.54, 1.807) is 6.92 Å². The van der Waals surface area contributed by atoms with Crippen LogP contribution in [0.4, 0.5) is 4.79 Å². The number of amides is 2. The van der Waals surface area contributed by atoms with Gasteiger partial charge in [-0.2, -0.15) is 0 Å². The van der Waals surface area contributed by atoms with Gasteiger partial charge >= 0.3 is 12.0 Å². The fourth-order valence-corrected chi connectivity index (χ4v) is 1.58. The number of carboxylic acids is 1. The van der Waals surface area contributed by atoms with Crippen molar-refractivity contribution in [1.29, 1.82) is 0 Å². The fraction of sp³-hybridized carbons (Fsp3) is 0.600. The van der Waals surface area contributed by atoms with Crippen LogP contribution in [0.15, 0.2) is 0 Å². The van der Waals surface area contributed by atoms with Crippen LogP contribution in [0.5, 0.6) is 0 Å². The first kappa shape index (κ1) is 12.3. The molecule has 1 aliphatic rings. The molecule has 1 heterocycles. The second-order valence-corrected chi connectivity index (χ2v) is 3.48. The Bertz CT molecular complexity index is 344. The third-order valence-corrected chi connectivity index (χ3v) is 2.33. The minimum absolute atomic E-state index is 0.0440. The monoisotopic (exact) mass is 226 g/mol. The predicted octanol–water partition coefficient (Wildman–Crippen LogP) is -0.761. The minimum atomic E-state index is -1.10. The van der Waals surface area contributed by atoms with Crippen LogP contribution in [0.3, 0.4) is 0 Å². The van der Waals surface area contributed by atoms with E-state index in [1.807, 2.05) is 0 Å². The first-order chi connectivity index (χ1) is 7.56. The Morgan fingerprint density at radius 1 is 1.56 bits per heavy atom. The molecule has 0 bridgehead atoms. The van der Waals surface area contributed by atoms with Gasteiger partial charge in [-0.3, -0.25) is 0 Å². The van der Waals surface area contributed by atoms with E-state index in [4.69, 9.17) is 5.11 Å². The van der Waals surface area contributed by atoms with Gasteiger partial charge in [0.05, 0.1) is 12.6 Å². The SMILES string of the molecule is CC#CCNC(=O)N1C[C@H](O)C[C@H]1C(=O)O. The van der Waals surface area contributed by atoms with E-state index in [-0.39, 0.29) is 19.5 Å². The molecule has 88 valence electrons. The van der Waals surface area contributed by atoms with E-state index in [2.05, 4.69) is 17.2 Å². The van der Waals surface area contributed by atoms with Gasteiger partial charge in [0.25, 0.3) is 0 Å². The van der Waals surface area contributed by atoms with Crippen molar-refractivity contribution in [3.05, 3.63) is 0 Å². The zero-order chi connectivity index (χ0) is 12.1. The Hall–Kier alpha value is -1.74. The number of hydrogen-bond acceptors (Lipinski definition) is 3. The topological polar surface area (TPSA) is 89.9 Å². The van der Waals surface area contributed by atoms with Gasteiger partial charge in [-0.05, 0) is 6.92 Å². The van der Waals surface area contributed by atoms with Crippen LogP contribution in [-0.2, 0) is 4.79 Å². The molecule has 2 amide bonds. The molecule has 2 atom stereocenters. The second kappa shape index (κ2) is 5.37. The van der Waals surface area contributed by atoms with Crippen LogP contribution in [0.1, 0.15) is 13.3 Å². The highest BCUT2D eigenvalue weighted by atomic mass is 16.4. The van der Waals surface area contributed by atoms with Crippen molar-refractivity contribution in [3.63, 3.8) is 0 Å². The summed E-state index contributed by atoms with van der Waals surface area (Å²) >= 11 is 0. The number of aliphatic carboxylic acids is 1. The summed E-state index contributed by atoms with van der Waals surface area (Å²) in [5, 5.41) is 20.7. The lowest BCUT2D eigenvalue weighted by atomic mass is 10.2. The van der Waals surface area contributed by atoms with Crippen LogP contribution in [0, 0.1) is 11.8 Å². The van der Waals surface area contributed by atoms with Crippen LogP contribution in [0.2, 0.25) is 0 Å². The molecule has 1 aliphatic heterocycles. The lowest BCUT2D eigenvalue weighted by molar-refractivity contribution is -0.141. The normalized spacial score (nSPS) is 23.5. The molecule has 1 rings (SSSR count). The van der Waals surface area contributed by atoms with Gasteiger partial charge in [0.1, 0.15) is 6.04 Å². The molecule has 6 heteroatoms. The highest BCUT2D eigenvalue weighted by Crippen LogP contribution is 2.17. The van der Waals surface area contributed by atoms with Crippen molar-refractivity contribution in [2.24, 2.45) is 0 Å². The third-order valence-electron chi connectivity index (χ3n) is 2.33. The number of aliphatic hydroxyl groups excluding tert-OH is 1. The smallest absolute Gasteiger partial charge is 0.326 e. The summed E-state index contributed by atoms with van der Waals surface area (Å²) in [6.07, 6.45) is -0.702. The molecule has 1 saturated heterocycles. The summed E-state index contributed by atoms with van der Waals surface area (Å²) in [7, 11) is 0. The zero-order valence-electron chi connectivity index (χ0n) is 8.93. The summed E-state index contributed by atoms with van der Waals surface area (Å²) in [4.78, 5) is 23.5. The molecule has 0 aromatic rings. The van der Waals surface area contributed by atoms with Gasteiger partial charge in [0.15, 0.2) is 0 Å². The molecule has 0 saturated carbocycles. The van der Waals surface area contributed by atoms with E-state index in [0.717, 1.165) is 4.90 Å². The molecule has 0 radical (unpaired) electrons. The average molecular weight is 226 g/mol. The number of β-amino-alcohol motifs (C(OH)–C–C–N with tert-alkyl or cyclic N) is 1. The molecule has 0 aliphatic carbocycles. The summed E-state index contributed by atoms with van der Waals surface area (Å²) in [6, 6.07) is -1.46.